The summed E-state index contributed by atoms with van der Waals surface area (Å²) in [5.74, 6) is -0.350. The molecule has 0 fully saturated rings. The van der Waals surface area contributed by atoms with Crippen molar-refractivity contribution in [2.45, 2.75) is 13.0 Å². The number of hydrogen-bond acceptors (Lipinski definition) is 3. The van der Waals surface area contributed by atoms with E-state index in [0.29, 0.717) is 24.3 Å². The Hall–Kier alpha value is -2.47. The fraction of sp³-hybridized carbons (Fsp3) is 0.176. The Bertz CT molecular complexity index is 853. The van der Waals surface area contributed by atoms with Crippen LogP contribution in [0, 0.1) is 5.82 Å². The predicted octanol–water partition coefficient (Wildman–Crippen LogP) is 3.48. The molecule has 3 heterocycles. The van der Waals surface area contributed by atoms with Crippen LogP contribution in [-0.2, 0) is 13.0 Å². The highest BCUT2D eigenvalue weighted by molar-refractivity contribution is 7.10. The fourth-order valence-electron chi connectivity index (χ4n) is 2.88. The van der Waals surface area contributed by atoms with Crippen LogP contribution in [0.4, 0.5) is 4.39 Å². The van der Waals surface area contributed by atoms with Crippen LogP contribution >= 0.6 is 11.3 Å². The number of thiophene rings is 1. The molecule has 1 aliphatic rings. The SMILES string of the molecule is O=C(c1cn[nH]c1-c1ccc(F)cc1)N1CCc2sccc2C1. The van der Waals surface area contributed by atoms with E-state index in [1.807, 2.05) is 4.90 Å². The third-order valence-corrected chi connectivity index (χ3v) is 5.12. The van der Waals surface area contributed by atoms with Crippen molar-refractivity contribution in [1.82, 2.24) is 15.1 Å². The van der Waals surface area contributed by atoms with Crippen LogP contribution in [0.1, 0.15) is 20.8 Å². The topological polar surface area (TPSA) is 49.0 Å². The van der Waals surface area contributed by atoms with E-state index >= 15 is 0 Å². The zero-order valence-corrected chi connectivity index (χ0v) is 13.1. The number of carbonyl (C=O) groups is 1. The van der Waals surface area contributed by atoms with Gasteiger partial charge in [0.1, 0.15) is 5.82 Å². The number of nitrogens with one attached hydrogen (secondary N) is 1. The Morgan fingerprint density at radius 2 is 2.09 bits per heavy atom. The number of rotatable bonds is 2. The van der Waals surface area contributed by atoms with Crippen LogP contribution in [0.15, 0.2) is 41.9 Å². The average molecular weight is 327 g/mol. The van der Waals surface area contributed by atoms with Gasteiger partial charge in [-0.3, -0.25) is 9.89 Å². The van der Waals surface area contributed by atoms with Crippen molar-refractivity contribution >= 4 is 17.2 Å². The second-order valence-electron chi connectivity index (χ2n) is 5.51. The standard InChI is InChI=1S/C17H14FN3OS/c18-13-3-1-11(2-4-13)16-14(9-19-20-16)17(22)21-7-5-15-12(10-21)6-8-23-15/h1-4,6,8-9H,5,7,10H2,(H,19,20). The number of benzene rings is 1. The van der Waals surface area contributed by atoms with Gasteiger partial charge in [0.05, 0.1) is 17.5 Å². The first-order valence-electron chi connectivity index (χ1n) is 7.36. The van der Waals surface area contributed by atoms with Crippen LogP contribution < -0.4 is 0 Å². The molecule has 23 heavy (non-hydrogen) atoms. The van der Waals surface area contributed by atoms with E-state index in [9.17, 15) is 9.18 Å². The molecule has 4 nitrogen and oxygen atoms in total. The van der Waals surface area contributed by atoms with E-state index in [2.05, 4.69) is 21.6 Å². The lowest BCUT2D eigenvalue weighted by Gasteiger charge is -2.27. The van der Waals surface area contributed by atoms with Crippen molar-refractivity contribution in [3.8, 4) is 11.3 Å². The van der Waals surface area contributed by atoms with Gasteiger partial charge in [0.2, 0.25) is 0 Å². The van der Waals surface area contributed by atoms with Gasteiger partial charge < -0.3 is 4.90 Å². The lowest BCUT2D eigenvalue weighted by molar-refractivity contribution is 0.0736. The largest absolute Gasteiger partial charge is 0.334 e. The summed E-state index contributed by atoms with van der Waals surface area (Å²) in [6, 6.07) is 8.13. The van der Waals surface area contributed by atoms with E-state index in [4.69, 9.17) is 0 Å². The van der Waals surface area contributed by atoms with Crippen molar-refractivity contribution in [1.29, 1.82) is 0 Å². The molecule has 2 aromatic heterocycles. The zero-order valence-electron chi connectivity index (χ0n) is 12.3. The molecule has 0 radical (unpaired) electrons. The summed E-state index contributed by atoms with van der Waals surface area (Å²) in [5.41, 5.74) is 3.13. The van der Waals surface area contributed by atoms with Crippen LogP contribution in [0.5, 0.6) is 0 Å². The summed E-state index contributed by atoms with van der Waals surface area (Å²) in [4.78, 5) is 16.1. The second-order valence-corrected chi connectivity index (χ2v) is 6.51. The first kappa shape index (κ1) is 14.1. The summed E-state index contributed by atoms with van der Waals surface area (Å²) in [6.07, 6.45) is 2.44. The van der Waals surface area contributed by atoms with Crippen LogP contribution in [-0.4, -0.2) is 27.5 Å². The summed E-state index contributed by atoms with van der Waals surface area (Å²) in [5, 5.41) is 8.93. The first-order valence-corrected chi connectivity index (χ1v) is 8.24. The van der Waals surface area contributed by atoms with Gasteiger partial charge >= 0.3 is 0 Å². The third-order valence-electron chi connectivity index (χ3n) is 4.10. The molecule has 0 saturated carbocycles. The molecule has 116 valence electrons. The maximum Gasteiger partial charge on any atom is 0.257 e. The lowest BCUT2D eigenvalue weighted by Crippen LogP contribution is -2.35. The van der Waals surface area contributed by atoms with Crippen LogP contribution in [0.2, 0.25) is 0 Å². The number of aromatic nitrogens is 2. The molecule has 0 bridgehead atoms. The predicted molar refractivity (Wildman–Crippen MR) is 86.7 cm³/mol. The van der Waals surface area contributed by atoms with Crippen molar-refractivity contribution in [2.24, 2.45) is 0 Å². The van der Waals surface area contributed by atoms with Gasteiger partial charge in [0.15, 0.2) is 0 Å². The molecule has 1 amide bonds. The molecule has 3 aromatic rings. The maximum absolute atomic E-state index is 13.1. The van der Waals surface area contributed by atoms with E-state index in [1.54, 1.807) is 29.7 Å². The number of amides is 1. The number of carbonyl (C=O) groups excluding carboxylic acids is 1. The number of H-pyrrole nitrogens is 1. The Labute approximate surface area is 136 Å². The Balaban J connectivity index is 1.63. The van der Waals surface area contributed by atoms with Gasteiger partial charge in [-0.1, -0.05) is 0 Å². The molecule has 0 aliphatic carbocycles. The monoisotopic (exact) mass is 327 g/mol. The fourth-order valence-corrected chi connectivity index (χ4v) is 3.77. The van der Waals surface area contributed by atoms with Gasteiger partial charge in [0, 0.05) is 23.5 Å². The molecule has 0 atom stereocenters. The van der Waals surface area contributed by atoms with Crippen molar-refractivity contribution in [3.63, 3.8) is 0 Å². The highest BCUT2D eigenvalue weighted by Crippen LogP contribution is 2.27. The molecule has 0 saturated heterocycles. The number of aromatic amines is 1. The highest BCUT2D eigenvalue weighted by atomic mass is 32.1. The molecular formula is C17H14FN3OS. The Morgan fingerprint density at radius 1 is 1.26 bits per heavy atom. The maximum atomic E-state index is 13.1. The van der Waals surface area contributed by atoms with E-state index in [0.717, 1.165) is 12.0 Å². The molecular weight excluding hydrogens is 313 g/mol. The number of halogens is 1. The third kappa shape index (κ3) is 2.55. The minimum Gasteiger partial charge on any atom is -0.334 e. The van der Waals surface area contributed by atoms with Crippen molar-refractivity contribution in [3.05, 3.63) is 63.7 Å². The second kappa shape index (κ2) is 5.62. The molecule has 4 rings (SSSR count). The molecule has 1 aliphatic heterocycles. The normalized spacial score (nSPS) is 13.9. The van der Waals surface area contributed by atoms with Gasteiger partial charge in [-0.25, -0.2) is 4.39 Å². The number of hydrogen-bond donors (Lipinski definition) is 1. The van der Waals surface area contributed by atoms with Crippen LogP contribution in [0.25, 0.3) is 11.3 Å². The van der Waals surface area contributed by atoms with Gasteiger partial charge in [-0.15, -0.1) is 11.3 Å². The van der Waals surface area contributed by atoms with Crippen molar-refractivity contribution < 1.29 is 9.18 Å². The smallest absolute Gasteiger partial charge is 0.257 e. The van der Waals surface area contributed by atoms with Crippen molar-refractivity contribution in [2.75, 3.05) is 6.54 Å². The summed E-state index contributed by atoms with van der Waals surface area (Å²) < 4.78 is 13.1. The van der Waals surface area contributed by atoms with Crippen LogP contribution in [0.3, 0.4) is 0 Å². The zero-order chi connectivity index (χ0) is 15.8. The Morgan fingerprint density at radius 3 is 2.91 bits per heavy atom. The summed E-state index contributed by atoms with van der Waals surface area (Å²) in [7, 11) is 0. The average Bonchev–Trinajstić information content (AvgIpc) is 3.23. The molecule has 0 unspecified atom stereocenters. The van der Waals surface area contributed by atoms with Gasteiger partial charge in [-0.05, 0) is 47.7 Å². The van der Waals surface area contributed by atoms with Gasteiger partial charge in [0.25, 0.3) is 5.91 Å². The molecule has 1 aromatic carbocycles. The Kier molecular flexibility index (Phi) is 3.46. The van der Waals surface area contributed by atoms with E-state index in [1.165, 1.54) is 22.6 Å². The lowest BCUT2D eigenvalue weighted by atomic mass is 10.1. The summed E-state index contributed by atoms with van der Waals surface area (Å²) >= 11 is 1.75. The quantitative estimate of drug-likeness (QED) is 0.783. The molecule has 0 spiro atoms. The number of nitrogens with zero attached hydrogens (tertiary/aromatic N) is 2. The van der Waals surface area contributed by atoms with Gasteiger partial charge in [-0.2, -0.15) is 5.10 Å². The van der Waals surface area contributed by atoms with E-state index in [-0.39, 0.29) is 11.7 Å². The molecule has 1 N–H and O–H groups in total. The van der Waals surface area contributed by atoms with E-state index < -0.39 is 0 Å². The minimum absolute atomic E-state index is 0.0464. The first-order chi connectivity index (χ1) is 11.2. The molecule has 6 heteroatoms. The number of fused-ring (bicyclic) bond motifs is 1. The summed E-state index contributed by atoms with van der Waals surface area (Å²) in [6.45, 7) is 1.34. The minimum atomic E-state index is -0.304. The highest BCUT2D eigenvalue weighted by Gasteiger charge is 2.25.